The first-order valence-electron chi connectivity index (χ1n) is 15.9. The molecule has 1 heterocycles. The lowest BCUT2D eigenvalue weighted by Crippen LogP contribution is -2.31. The Labute approximate surface area is 252 Å². The number of unbranched alkanes of at least 4 members (excludes halogenated alkanes) is 9. The van der Waals surface area contributed by atoms with Gasteiger partial charge in [-0.15, -0.1) is 0 Å². The van der Waals surface area contributed by atoms with Crippen molar-refractivity contribution in [2.75, 3.05) is 26.4 Å². The zero-order chi connectivity index (χ0) is 30.0. The lowest BCUT2D eigenvalue weighted by atomic mass is 9.98. The lowest BCUT2D eigenvalue weighted by molar-refractivity contribution is -0.139. The van der Waals surface area contributed by atoms with Crippen molar-refractivity contribution >= 4 is 12.1 Å². The third kappa shape index (κ3) is 12.3. The van der Waals surface area contributed by atoms with Crippen LogP contribution in [-0.4, -0.2) is 38.6 Å². The summed E-state index contributed by atoms with van der Waals surface area (Å²) in [6, 6.07) is 15.1. The molecule has 0 unspecified atom stereocenters. The van der Waals surface area contributed by atoms with E-state index in [0.29, 0.717) is 31.6 Å². The molecular weight excluding hydrogens is 528 g/mol. The number of ether oxygens (including phenoxy) is 4. The van der Waals surface area contributed by atoms with E-state index in [2.05, 4.69) is 49.9 Å². The fraction of sp³-hybridized carbons (Fsp3) is 0.556. The highest BCUT2D eigenvalue weighted by Gasteiger charge is 2.22. The van der Waals surface area contributed by atoms with Crippen LogP contribution in [-0.2, 0) is 31.8 Å². The molecule has 0 saturated carbocycles. The fourth-order valence-electron chi connectivity index (χ4n) is 5.09. The summed E-state index contributed by atoms with van der Waals surface area (Å²) in [5.41, 5.74) is 5.11. The van der Waals surface area contributed by atoms with Crippen LogP contribution in [0.25, 0.3) is 11.1 Å². The molecule has 0 N–H and O–H groups in total. The van der Waals surface area contributed by atoms with Crippen molar-refractivity contribution in [2.24, 2.45) is 5.92 Å². The van der Waals surface area contributed by atoms with E-state index in [1.54, 1.807) is 6.92 Å². The predicted octanol–water partition coefficient (Wildman–Crippen LogP) is 9.03. The highest BCUT2D eigenvalue weighted by molar-refractivity contribution is 5.86. The molecule has 3 rings (SSSR count). The highest BCUT2D eigenvalue weighted by Crippen LogP contribution is 2.29. The van der Waals surface area contributed by atoms with Gasteiger partial charge in [0, 0.05) is 5.57 Å². The average Bonchev–Trinajstić information content (AvgIpc) is 3.00. The maximum Gasteiger partial charge on any atom is 0.508 e. The summed E-state index contributed by atoms with van der Waals surface area (Å²) in [5, 5.41) is 0. The van der Waals surface area contributed by atoms with E-state index >= 15 is 0 Å². The molecule has 42 heavy (non-hydrogen) atoms. The largest absolute Gasteiger partial charge is 0.508 e. The lowest BCUT2D eigenvalue weighted by Gasteiger charge is -2.22. The van der Waals surface area contributed by atoms with Crippen molar-refractivity contribution in [3.63, 3.8) is 0 Å². The second kappa shape index (κ2) is 19.0. The van der Waals surface area contributed by atoms with Crippen LogP contribution >= 0.6 is 0 Å². The van der Waals surface area contributed by atoms with E-state index < -0.39 is 6.16 Å². The number of carbonyl (C=O) groups is 2. The minimum absolute atomic E-state index is 0.0187. The summed E-state index contributed by atoms with van der Waals surface area (Å²) in [7, 11) is 0. The van der Waals surface area contributed by atoms with Gasteiger partial charge in [0.25, 0.3) is 0 Å². The summed E-state index contributed by atoms with van der Waals surface area (Å²) >= 11 is 0. The summed E-state index contributed by atoms with van der Waals surface area (Å²) < 4.78 is 21.4. The Balaban J connectivity index is 1.51. The van der Waals surface area contributed by atoms with Gasteiger partial charge < -0.3 is 18.9 Å². The molecule has 0 aromatic heterocycles. The standard InChI is InChI=1S/C36H50O6/c1-4-5-6-7-8-9-10-11-12-13-15-29-17-19-31(20-18-29)32-21-22-34(40-25-30-26-41-36(38)42-27-30)33(24-32)16-14-23-39-35(37)28(2)3/h17-22,24,30H,2,4-16,23,25-27H2,1,3H3. The molecule has 1 saturated heterocycles. The topological polar surface area (TPSA) is 71.1 Å². The zero-order valence-electron chi connectivity index (χ0n) is 25.8. The van der Waals surface area contributed by atoms with Gasteiger partial charge in [-0.2, -0.15) is 0 Å². The van der Waals surface area contributed by atoms with Crippen molar-refractivity contribution < 1.29 is 28.5 Å². The number of benzene rings is 2. The van der Waals surface area contributed by atoms with Crippen molar-refractivity contribution in [1.82, 2.24) is 0 Å². The SMILES string of the molecule is C=C(C)C(=O)OCCCc1cc(-c2ccc(CCCCCCCCCCCC)cc2)ccc1OCC1COC(=O)OC1. The second-order valence-electron chi connectivity index (χ2n) is 11.5. The molecule has 1 aliphatic rings. The molecule has 6 heteroatoms. The smallest absolute Gasteiger partial charge is 0.493 e. The summed E-state index contributed by atoms with van der Waals surface area (Å²) in [6.07, 6.45) is 15.4. The van der Waals surface area contributed by atoms with Gasteiger partial charge in [-0.3, -0.25) is 0 Å². The van der Waals surface area contributed by atoms with Crippen LogP contribution in [0.3, 0.4) is 0 Å². The number of hydrogen-bond acceptors (Lipinski definition) is 6. The Hall–Kier alpha value is -3.28. The molecule has 230 valence electrons. The second-order valence-corrected chi connectivity index (χ2v) is 11.5. The summed E-state index contributed by atoms with van der Waals surface area (Å²) in [5.74, 6) is 0.388. The van der Waals surface area contributed by atoms with Crippen molar-refractivity contribution in [1.29, 1.82) is 0 Å². The number of rotatable bonds is 20. The molecule has 0 amide bonds. The van der Waals surface area contributed by atoms with Gasteiger partial charge in [-0.25, -0.2) is 9.59 Å². The Bertz CT molecular complexity index is 1100. The first kappa shape index (κ1) is 33.2. The van der Waals surface area contributed by atoms with Crippen LogP contribution in [0.1, 0.15) is 95.6 Å². The van der Waals surface area contributed by atoms with E-state index in [4.69, 9.17) is 18.9 Å². The van der Waals surface area contributed by atoms with Gasteiger partial charge in [-0.05, 0) is 67.0 Å². The molecular formula is C36H50O6. The van der Waals surface area contributed by atoms with Crippen molar-refractivity contribution in [2.45, 2.75) is 97.3 Å². The van der Waals surface area contributed by atoms with Crippen LogP contribution in [0, 0.1) is 5.92 Å². The molecule has 6 nitrogen and oxygen atoms in total. The Morgan fingerprint density at radius 3 is 2.10 bits per heavy atom. The third-order valence-electron chi connectivity index (χ3n) is 7.69. The van der Waals surface area contributed by atoms with Gasteiger partial charge in [0.2, 0.25) is 0 Å². The summed E-state index contributed by atoms with van der Waals surface area (Å²) in [6.45, 7) is 8.83. The first-order chi connectivity index (χ1) is 20.5. The van der Waals surface area contributed by atoms with Crippen LogP contribution in [0.2, 0.25) is 0 Å². The quantitative estimate of drug-likeness (QED) is 0.0887. The fourth-order valence-corrected chi connectivity index (χ4v) is 5.09. The summed E-state index contributed by atoms with van der Waals surface area (Å²) in [4.78, 5) is 22.9. The van der Waals surface area contributed by atoms with Gasteiger partial charge in [-0.1, -0.05) is 102 Å². The first-order valence-corrected chi connectivity index (χ1v) is 15.9. The number of esters is 1. The Morgan fingerprint density at radius 1 is 0.833 bits per heavy atom. The van der Waals surface area contributed by atoms with E-state index in [1.165, 1.54) is 69.8 Å². The average molecular weight is 579 g/mol. The molecule has 0 atom stereocenters. The number of hydrogen-bond donors (Lipinski definition) is 0. The van der Waals surface area contributed by atoms with E-state index in [-0.39, 0.29) is 25.1 Å². The maximum absolute atomic E-state index is 11.8. The van der Waals surface area contributed by atoms with Crippen LogP contribution in [0.15, 0.2) is 54.6 Å². The van der Waals surface area contributed by atoms with E-state index in [9.17, 15) is 9.59 Å². The van der Waals surface area contributed by atoms with Gasteiger partial charge in [0.15, 0.2) is 0 Å². The number of carbonyl (C=O) groups excluding carboxylic acids is 2. The van der Waals surface area contributed by atoms with Crippen LogP contribution in [0.5, 0.6) is 5.75 Å². The van der Waals surface area contributed by atoms with Gasteiger partial charge in [0.1, 0.15) is 19.0 Å². The molecule has 1 aliphatic heterocycles. The number of aryl methyl sites for hydroxylation is 2. The molecule has 0 spiro atoms. The van der Waals surface area contributed by atoms with Gasteiger partial charge in [0.05, 0.1) is 19.1 Å². The van der Waals surface area contributed by atoms with Gasteiger partial charge >= 0.3 is 12.1 Å². The van der Waals surface area contributed by atoms with E-state index in [1.807, 2.05) is 6.07 Å². The predicted molar refractivity (Wildman–Crippen MR) is 168 cm³/mol. The Morgan fingerprint density at radius 2 is 1.45 bits per heavy atom. The molecule has 0 radical (unpaired) electrons. The van der Waals surface area contributed by atoms with Crippen molar-refractivity contribution in [3.8, 4) is 16.9 Å². The van der Waals surface area contributed by atoms with Crippen LogP contribution < -0.4 is 4.74 Å². The molecule has 2 aromatic carbocycles. The maximum atomic E-state index is 11.8. The number of cyclic esters (lactones) is 2. The highest BCUT2D eigenvalue weighted by atomic mass is 16.7. The molecule has 0 aliphatic carbocycles. The minimum atomic E-state index is -0.630. The zero-order valence-corrected chi connectivity index (χ0v) is 25.8. The van der Waals surface area contributed by atoms with Crippen molar-refractivity contribution in [3.05, 3.63) is 65.7 Å². The molecule has 1 fully saturated rings. The molecule has 0 bridgehead atoms. The minimum Gasteiger partial charge on any atom is -0.493 e. The van der Waals surface area contributed by atoms with Crippen LogP contribution in [0.4, 0.5) is 4.79 Å². The van der Waals surface area contributed by atoms with E-state index in [0.717, 1.165) is 28.9 Å². The Kier molecular flexibility index (Phi) is 15.0. The monoisotopic (exact) mass is 578 g/mol. The molecule has 2 aromatic rings. The third-order valence-corrected chi connectivity index (χ3v) is 7.69. The normalized spacial score (nSPS) is 13.3.